The number of hydrogen-bond donors (Lipinski definition) is 0. The van der Waals surface area contributed by atoms with Crippen molar-refractivity contribution in [2.24, 2.45) is 7.05 Å². The van der Waals surface area contributed by atoms with Gasteiger partial charge in [-0.05, 0) is 36.5 Å². The fourth-order valence-electron chi connectivity index (χ4n) is 4.28. The number of ether oxygens (including phenoxy) is 1. The van der Waals surface area contributed by atoms with Gasteiger partial charge in [0, 0.05) is 42.6 Å². The molecular weight excluding hydrogens is 386 g/mol. The fraction of sp³-hybridized carbons (Fsp3) is 0.269. The number of aryl methyl sites for hydroxylation is 1. The van der Waals surface area contributed by atoms with Gasteiger partial charge in [0.2, 0.25) is 5.88 Å². The van der Waals surface area contributed by atoms with E-state index in [9.17, 15) is 4.79 Å². The van der Waals surface area contributed by atoms with E-state index in [2.05, 4.69) is 47.6 Å². The number of nitrogens with zero attached hydrogens (tertiary/aromatic N) is 3. The average molecular weight is 412 g/mol. The van der Waals surface area contributed by atoms with E-state index in [1.54, 1.807) is 4.68 Å². The van der Waals surface area contributed by atoms with Crippen LogP contribution in [-0.2, 0) is 18.4 Å². The normalized spacial score (nSPS) is 14.8. The van der Waals surface area contributed by atoms with Crippen LogP contribution >= 0.6 is 0 Å². The van der Waals surface area contributed by atoms with Crippen molar-refractivity contribution < 1.29 is 9.53 Å². The molecule has 5 rings (SSSR count). The van der Waals surface area contributed by atoms with Crippen molar-refractivity contribution in [2.75, 3.05) is 0 Å². The van der Waals surface area contributed by atoms with Crippen LogP contribution in [0.15, 0.2) is 66.9 Å². The number of carbonyl (C=O) groups excluding carboxylic acids is 1. The van der Waals surface area contributed by atoms with Crippen LogP contribution in [-0.4, -0.2) is 20.5 Å². The molecule has 4 aromatic rings. The summed E-state index contributed by atoms with van der Waals surface area (Å²) in [7, 11) is 1.91. The molecule has 0 aliphatic heterocycles. The highest BCUT2D eigenvalue weighted by Crippen LogP contribution is 2.36. The first kappa shape index (κ1) is 19.5. The molecule has 0 N–H and O–H groups in total. The van der Waals surface area contributed by atoms with Crippen molar-refractivity contribution in [3.63, 3.8) is 0 Å². The van der Waals surface area contributed by atoms with Crippen molar-refractivity contribution in [1.29, 1.82) is 0 Å². The second kappa shape index (κ2) is 8.34. The van der Waals surface area contributed by atoms with E-state index in [0.29, 0.717) is 37.0 Å². The molecule has 0 saturated heterocycles. The van der Waals surface area contributed by atoms with Gasteiger partial charge in [0.1, 0.15) is 12.4 Å². The Bertz CT molecular complexity index is 1220. The van der Waals surface area contributed by atoms with E-state index in [0.717, 1.165) is 46.1 Å². The van der Waals surface area contributed by atoms with Crippen LogP contribution in [0.25, 0.3) is 22.2 Å². The Hall–Kier alpha value is -3.47. The van der Waals surface area contributed by atoms with Crippen LogP contribution in [0.4, 0.5) is 0 Å². The summed E-state index contributed by atoms with van der Waals surface area (Å²) < 4.78 is 7.90. The second-order valence-corrected chi connectivity index (χ2v) is 8.25. The summed E-state index contributed by atoms with van der Waals surface area (Å²) in [5, 5.41) is 5.66. The number of benzene rings is 2. The van der Waals surface area contributed by atoms with Gasteiger partial charge in [-0.25, -0.2) is 4.98 Å². The summed E-state index contributed by atoms with van der Waals surface area (Å²) >= 11 is 0. The van der Waals surface area contributed by atoms with E-state index in [4.69, 9.17) is 9.72 Å². The number of carbonyl (C=O) groups is 1. The van der Waals surface area contributed by atoms with E-state index >= 15 is 0 Å². The van der Waals surface area contributed by atoms with Gasteiger partial charge >= 0.3 is 0 Å². The molecule has 0 atom stereocenters. The lowest BCUT2D eigenvalue weighted by Gasteiger charge is -2.20. The molecule has 156 valence electrons. The molecule has 0 unspecified atom stereocenters. The van der Waals surface area contributed by atoms with E-state index in [1.807, 2.05) is 31.4 Å². The van der Waals surface area contributed by atoms with E-state index in [-0.39, 0.29) is 0 Å². The van der Waals surface area contributed by atoms with Crippen LogP contribution in [0.3, 0.4) is 0 Å². The van der Waals surface area contributed by atoms with Crippen LogP contribution < -0.4 is 4.74 Å². The third kappa shape index (κ3) is 4.22. The molecule has 2 aromatic carbocycles. The van der Waals surface area contributed by atoms with Gasteiger partial charge in [0.25, 0.3) is 0 Å². The Morgan fingerprint density at radius 1 is 1.00 bits per heavy atom. The maximum atomic E-state index is 11.6. The number of fused-ring (bicyclic) bond motifs is 1. The Balaban J connectivity index is 1.29. The number of para-hydroxylation sites is 1. The highest BCUT2D eigenvalue weighted by atomic mass is 16.5. The lowest BCUT2D eigenvalue weighted by atomic mass is 9.84. The summed E-state index contributed by atoms with van der Waals surface area (Å²) in [5.74, 6) is 1.40. The minimum atomic E-state index is 0.350. The number of rotatable bonds is 5. The highest BCUT2D eigenvalue weighted by Gasteiger charge is 2.25. The first-order valence-corrected chi connectivity index (χ1v) is 10.8. The third-order valence-corrected chi connectivity index (χ3v) is 6.03. The summed E-state index contributed by atoms with van der Waals surface area (Å²) in [6.07, 6.45) is 5.11. The first-order valence-electron chi connectivity index (χ1n) is 10.8. The Kier molecular flexibility index (Phi) is 5.24. The monoisotopic (exact) mass is 411 g/mol. The zero-order valence-electron chi connectivity index (χ0n) is 17.6. The summed E-state index contributed by atoms with van der Waals surface area (Å²) in [6.45, 7) is 0.459. The number of hydrogen-bond acceptors (Lipinski definition) is 4. The molecule has 2 aromatic heterocycles. The Labute approximate surface area is 181 Å². The second-order valence-electron chi connectivity index (χ2n) is 8.25. The largest absolute Gasteiger partial charge is 0.472 e. The van der Waals surface area contributed by atoms with Crippen LogP contribution in [0.1, 0.15) is 42.7 Å². The van der Waals surface area contributed by atoms with E-state index < -0.39 is 0 Å². The van der Waals surface area contributed by atoms with Gasteiger partial charge in [-0.2, -0.15) is 0 Å². The molecule has 31 heavy (non-hydrogen) atoms. The minimum absolute atomic E-state index is 0.350. The molecule has 1 saturated carbocycles. The lowest BCUT2D eigenvalue weighted by Crippen LogP contribution is -2.12. The Morgan fingerprint density at radius 2 is 1.77 bits per heavy atom. The SMILES string of the molecule is Cn1cc(C2CCC(=O)CC2)c(OCc2ccc(-c3ccc4ccccc4n3)cc2)n1. The molecular formula is C26H25N3O2. The molecule has 1 fully saturated rings. The summed E-state index contributed by atoms with van der Waals surface area (Å²) in [5.41, 5.74) is 5.25. The topological polar surface area (TPSA) is 57.0 Å². The highest BCUT2D eigenvalue weighted by molar-refractivity contribution is 5.81. The maximum Gasteiger partial charge on any atom is 0.236 e. The number of aromatic nitrogens is 3. The van der Waals surface area contributed by atoms with Crippen molar-refractivity contribution >= 4 is 16.7 Å². The van der Waals surface area contributed by atoms with Gasteiger partial charge in [-0.1, -0.05) is 48.5 Å². The number of pyridine rings is 1. The minimum Gasteiger partial charge on any atom is -0.472 e. The molecule has 2 heterocycles. The molecule has 1 aliphatic carbocycles. The van der Waals surface area contributed by atoms with Crippen molar-refractivity contribution in [1.82, 2.24) is 14.8 Å². The molecule has 1 aliphatic rings. The van der Waals surface area contributed by atoms with Crippen molar-refractivity contribution in [3.05, 3.63) is 78.0 Å². The van der Waals surface area contributed by atoms with Gasteiger partial charge < -0.3 is 4.74 Å². The standard InChI is InChI=1S/C26H25N3O2/c1-29-16-23(19-10-13-22(30)14-11-19)26(28-29)31-17-18-6-8-21(9-7-18)25-15-12-20-4-2-3-5-24(20)27-25/h2-9,12,15-16,19H,10-11,13-14,17H2,1H3. The van der Waals surface area contributed by atoms with Crippen LogP contribution in [0, 0.1) is 0 Å². The zero-order valence-corrected chi connectivity index (χ0v) is 17.6. The maximum absolute atomic E-state index is 11.6. The average Bonchev–Trinajstić information content (AvgIpc) is 3.18. The number of ketones is 1. The third-order valence-electron chi connectivity index (χ3n) is 6.03. The van der Waals surface area contributed by atoms with Crippen LogP contribution in [0.2, 0.25) is 0 Å². The van der Waals surface area contributed by atoms with Gasteiger partial charge in [0.05, 0.1) is 11.2 Å². The molecule has 5 nitrogen and oxygen atoms in total. The van der Waals surface area contributed by atoms with Crippen molar-refractivity contribution in [3.8, 4) is 17.1 Å². The zero-order chi connectivity index (χ0) is 21.2. The molecule has 5 heteroatoms. The summed E-state index contributed by atoms with van der Waals surface area (Å²) in [4.78, 5) is 16.4. The first-order chi connectivity index (χ1) is 15.2. The molecule has 0 spiro atoms. The molecule has 0 amide bonds. The predicted octanol–water partition coefficient (Wildman–Crippen LogP) is 5.44. The molecule has 0 bridgehead atoms. The van der Waals surface area contributed by atoms with Crippen molar-refractivity contribution in [2.45, 2.75) is 38.2 Å². The molecule has 0 radical (unpaired) electrons. The fourth-order valence-corrected chi connectivity index (χ4v) is 4.28. The Morgan fingerprint density at radius 3 is 2.58 bits per heavy atom. The summed E-state index contributed by atoms with van der Waals surface area (Å²) in [6, 6.07) is 20.6. The lowest BCUT2D eigenvalue weighted by molar-refractivity contribution is -0.120. The van der Waals surface area contributed by atoms with E-state index in [1.165, 1.54) is 0 Å². The van der Waals surface area contributed by atoms with Gasteiger partial charge in [-0.15, -0.1) is 5.10 Å². The van der Waals surface area contributed by atoms with Crippen LogP contribution in [0.5, 0.6) is 5.88 Å². The van der Waals surface area contributed by atoms with Gasteiger partial charge in [-0.3, -0.25) is 9.48 Å². The van der Waals surface area contributed by atoms with Gasteiger partial charge in [0.15, 0.2) is 0 Å². The quantitative estimate of drug-likeness (QED) is 0.439. The number of Topliss-reactive ketones (excluding diaryl/α,β-unsaturated/α-hetero) is 1. The smallest absolute Gasteiger partial charge is 0.236 e. The predicted molar refractivity (Wildman–Crippen MR) is 121 cm³/mol.